The van der Waals surface area contributed by atoms with E-state index in [2.05, 4.69) is 49.6 Å². The maximum absolute atomic E-state index is 5.99. The second kappa shape index (κ2) is 6.29. The molecule has 1 atom stereocenters. The Bertz CT molecular complexity index is 414. The van der Waals surface area contributed by atoms with Crippen LogP contribution in [0.1, 0.15) is 45.3 Å². The fraction of sp³-hybridized carbons (Fsp3) is 0.750. The average molecular weight is 279 g/mol. The van der Waals surface area contributed by atoms with Crippen LogP contribution >= 0.6 is 0 Å². The minimum atomic E-state index is 0.220. The molecule has 0 radical (unpaired) electrons. The van der Waals surface area contributed by atoms with Crippen LogP contribution in [0.5, 0.6) is 0 Å². The maximum Gasteiger partial charge on any atom is 0.122 e. The van der Waals surface area contributed by atoms with Gasteiger partial charge in [-0.15, -0.1) is 0 Å². The first-order chi connectivity index (χ1) is 9.45. The molecule has 0 spiro atoms. The molecular weight excluding hydrogens is 250 g/mol. The summed E-state index contributed by atoms with van der Waals surface area (Å²) in [5.41, 5.74) is 6.25. The summed E-state index contributed by atoms with van der Waals surface area (Å²) in [6.07, 6.45) is 0.940. The summed E-state index contributed by atoms with van der Waals surface area (Å²) in [6.45, 7) is 13.9. The second-order valence-corrected chi connectivity index (χ2v) is 6.60. The lowest BCUT2D eigenvalue weighted by Crippen LogP contribution is -2.54. The number of nitrogens with zero attached hydrogens (tertiary/aromatic N) is 2. The molecule has 1 aromatic heterocycles. The predicted octanol–water partition coefficient (Wildman–Crippen LogP) is 2.26. The van der Waals surface area contributed by atoms with Gasteiger partial charge in [0.15, 0.2) is 0 Å². The van der Waals surface area contributed by atoms with Crippen LogP contribution in [0.25, 0.3) is 0 Å². The van der Waals surface area contributed by atoms with E-state index in [9.17, 15) is 0 Å². The Balaban J connectivity index is 2.00. The molecule has 0 saturated carbocycles. The first-order valence-corrected chi connectivity index (χ1v) is 7.73. The Labute approximate surface area is 122 Å². The molecule has 1 aromatic rings. The zero-order valence-electron chi connectivity index (χ0n) is 13.4. The van der Waals surface area contributed by atoms with Crippen molar-refractivity contribution >= 4 is 0 Å². The van der Waals surface area contributed by atoms with Crippen LogP contribution in [0.3, 0.4) is 0 Å². The first-order valence-electron chi connectivity index (χ1n) is 7.73. The number of furan rings is 1. The van der Waals surface area contributed by atoms with Gasteiger partial charge in [0.05, 0.1) is 6.04 Å². The summed E-state index contributed by atoms with van der Waals surface area (Å²) in [5, 5.41) is 0. The maximum atomic E-state index is 5.99. The minimum absolute atomic E-state index is 0.220. The molecule has 0 amide bonds. The third-order valence-corrected chi connectivity index (χ3v) is 4.29. The highest BCUT2D eigenvalue weighted by atomic mass is 16.3. The number of aryl methyl sites for hydroxylation is 1. The summed E-state index contributed by atoms with van der Waals surface area (Å²) in [7, 11) is 0. The van der Waals surface area contributed by atoms with Crippen molar-refractivity contribution in [2.24, 2.45) is 5.73 Å². The minimum Gasteiger partial charge on any atom is -0.464 e. The summed E-state index contributed by atoms with van der Waals surface area (Å²) in [5.74, 6) is 2.07. The van der Waals surface area contributed by atoms with Crippen LogP contribution in [0.15, 0.2) is 16.5 Å². The Hall–Kier alpha value is -0.840. The van der Waals surface area contributed by atoms with Crippen molar-refractivity contribution in [1.82, 2.24) is 9.80 Å². The van der Waals surface area contributed by atoms with Gasteiger partial charge in [0.1, 0.15) is 11.5 Å². The molecule has 0 aliphatic carbocycles. The Morgan fingerprint density at radius 3 is 2.30 bits per heavy atom. The van der Waals surface area contributed by atoms with E-state index in [-0.39, 0.29) is 11.6 Å². The molecule has 4 heteroatoms. The van der Waals surface area contributed by atoms with E-state index in [1.54, 1.807) is 0 Å². The highest BCUT2D eigenvalue weighted by molar-refractivity contribution is 5.12. The lowest BCUT2D eigenvalue weighted by molar-refractivity contribution is 0.0385. The quantitative estimate of drug-likeness (QED) is 0.918. The molecule has 1 fully saturated rings. The average Bonchev–Trinajstić information content (AvgIpc) is 2.88. The van der Waals surface area contributed by atoms with Crippen molar-refractivity contribution in [2.45, 2.75) is 45.7 Å². The highest BCUT2D eigenvalue weighted by Crippen LogP contribution is 2.25. The Kier molecular flexibility index (Phi) is 4.89. The largest absolute Gasteiger partial charge is 0.464 e. The smallest absolute Gasteiger partial charge is 0.122 e. The molecule has 20 heavy (non-hydrogen) atoms. The Morgan fingerprint density at radius 2 is 1.85 bits per heavy atom. The van der Waals surface area contributed by atoms with Crippen LogP contribution in [0.2, 0.25) is 0 Å². The van der Waals surface area contributed by atoms with Crippen molar-refractivity contribution in [2.75, 3.05) is 32.7 Å². The fourth-order valence-electron chi connectivity index (χ4n) is 2.91. The number of hydrogen-bond acceptors (Lipinski definition) is 4. The number of nitrogens with two attached hydrogens (primary N) is 1. The van der Waals surface area contributed by atoms with Gasteiger partial charge in [0.25, 0.3) is 0 Å². The van der Waals surface area contributed by atoms with Gasteiger partial charge >= 0.3 is 0 Å². The zero-order chi connectivity index (χ0) is 14.8. The van der Waals surface area contributed by atoms with E-state index < -0.39 is 0 Å². The predicted molar refractivity (Wildman–Crippen MR) is 82.8 cm³/mol. The number of hydrogen-bond donors (Lipinski definition) is 1. The molecule has 1 aliphatic rings. The van der Waals surface area contributed by atoms with E-state index in [1.165, 1.54) is 0 Å². The number of piperazine rings is 1. The van der Waals surface area contributed by atoms with E-state index >= 15 is 0 Å². The third-order valence-electron chi connectivity index (χ3n) is 4.29. The van der Waals surface area contributed by atoms with Crippen LogP contribution in [-0.2, 0) is 6.42 Å². The third kappa shape index (κ3) is 3.43. The van der Waals surface area contributed by atoms with E-state index in [4.69, 9.17) is 10.2 Å². The summed E-state index contributed by atoms with van der Waals surface area (Å²) < 4.78 is 5.90. The first kappa shape index (κ1) is 15.5. The standard InChI is InChI=1S/C16H29N3O/c1-5-13-6-7-15(20-13)14(12-17)18-8-10-19(11-9-18)16(2,3)4/h6-7,14H,5,8-12,17H2,1-4H3. The van der Waals surface area contributed by atoms with Crippen molar-refractivity contribution in [1.29, 1.82) is 0 Å². The molecule has 1 unspecified atom stereocenters. The molecule has 2 rings (SSSR count). The molecule has 1 aliphatic heterocycles. The van der Waals surface area contributed by atoms with Gasteiger partial charge < -0.3 is 10.2 Å². The summed E-state index contributed by atoms with van der Waals surface area (Å²) in [4.78, 5) is 5.00. The zero-order valence-corrected chi connectivity index (χ0v) is 13.4. The van der Waals surface area contributed by atoms with Gasteiger partial charge in [-0.2, -0.15) is 0 Å². The monoisotopic (exact) mass is 279 g/mol. The SMILES string of the molecule is CCc1ccc(C(CN)N2CCN(C(C)(C)C)CC2)o1. The lowest BCUT2D eigenvalue weighted by atomic mass is 10.0. The second-order valence-electron chi connectivity index (χ2n) is 6.60. The molecule has 0 bridgehead atoms. The highest BCUT2D eigenvalue weighted by Gasteiger charge is 2.30. The van der Waals surface area contributed by atoms with Gasteiger partial charge in [-0.3, -0.25) is 9.80 Å². The van der Waals surface area contributed by atoms with Gasteiger partial charge in [-0.25, -0.2) is 0 Å². The van der Waals surface area contributed by atoms with Crippen molar-refractivity contribution < 1.29 is 4.42 Å². The molecule has 114 valence electrons. The molecule has 0 aromatic carbocycles. The molecule has 2 N–H and O–H groups in total. The number of rotatable bonds is 4. The van der Waals surface area contributed by atoms with Crippen LogP contribution in [-0.4, -0.2) is 48.1 Å². The fourth-order valence-corrected chi connectivity index (χ4v) is 2.91. The summed E-state index contributed by atoms with van der Waals surface area (Å²) in [6, 6.07) is 4.38. The van der Waals surface area contributed by atoms with Crippen LogP contribution in [0.4, 0.5) is 0 Å². The molecular formula is C16H29N3O. The topological polar surface area (TPSA) is 45.6 Å². The molecule has 2 heterocycles. The Morgan fingerprint density at radius 1 is 1.20 bits per heavy atom. The van der Waals surface area contributed by atoms with E-state index in [1.807, 2.05) is 0 Å². The van der Waals surface area contributed by atoms with Crippen molar-refractivity contribution in [3.8, 4) is 0 Å². The van der Waals surface area contributed by atoms with Crippen LogP contribution < -0.4 is 5.73 Å². The van der Waals surface area contributed by atoms with Gasteiger partial charge in [-0.1, -0.05) is 6.92 Å². The summed E-state index contributed by atoms with van der Waals surface area (Å²) >= 11 is 0. The van der Waals surface area contributed by atoms with Gasteiger partial charge in [0, 0.05) is 44.7 Å². The molecule has 1 saturated heterocycles. The van der Waals surface area contributed by atoms with E-state index in [0.29, 0.717) is 6.54 Å². The van der Waals surface area contributed by atoms with Gasteiger partial charge in [-0.05, 0) is 32.9 Å². The molecule has 4 nitrogen and oxygen atoms in total. The van der Waals surface area contributed by atoms with E-state index in [0.717, 1.165) is 44.1 Å². The van der Waals surface area contributed by atoms with Crippen molar-refractivity contribution in [3.05, 3.63) is 23.7 Å². The van der Waals surface area contributed by atoms with Gasteiger partial charge in [0.2, 0.25) is 0 Å². The van der Waals surface area contributed by atoms with Crippen LogP contribution in [0, 0.1) is 0 Å². The van der Waals surface area contributed by atoms with Crippen molar-refractivity contribution in [3.63, 3.8) is 0 Å². The lowest BCUT2D eigenvalue weighted by Gasteiger charge is -2.44. The normalized spacial score (nSPS) is 20.2.